The van der Waals surface area contributed by atoms with E-state index < -0.39 is 25.0 Å². The number of hydrogen-bond donors (Lipinski definition) is 0. The first-order chi connectivity index (χ1) is 32.4. The Morgan fingerprint density at radius 3 is 1.43 bits per heavy atom. The fraction of sp³-hybridized carbons (Fsp3) is 0.458. The second-order valence-corrected chi connectivity index (χ2v) is 34.7. The van der Waals surface area contributed by atoms with Gasteiger partial charge in [0.25, 0.3) is 8.32 Å². The van der Waals surface area contributed by atoms with Crippen molar-refractivity contribution in [2.45, 2.75) is 148 Å². The van der Waals surface area contributed by atoms with Crippen LogP contribution in [-0.2, 0) is 36.0 Å². The van der Waals surface area contributed by atoms with Crippen LogP contribution < -0.4 is 20.3 Å². The third-order valence-electron chi connectivity index (χ3n) is 14.5. The van der Waals surface area contributed by atoms with Crippen molar-refractivity contribution < 1.29 is 27.5 Å². The maximum Gasteiger partial charge on any atom is 0.288 e. The van der Waals surface area contributed by atoms with Gasteiger partial charge in [0.05, 0.1) is 39.1 Å². The van der Waals surface area contributed by atoms with E-state index in [4.69, 9.17) is 27.5 Å². The molecule has 5 rings (SSSR count). The van der Waals surface area contributed by atoms with Crippen molar-refractivity contribution in [1.29, 1.82) is 0 Å². The van der Waals surface area contributed by atoms with Crippen molar-refractivity contribution in [3.05, 3.63) is 169 Å². The van der Waals surface area contributed by atoms with E-state index in [0.29, 0.717) is 49.5 Å². The average Bonchev–Trinajstić information content (AvgIpc) is 3.33. The number of rotatable bonds is 27. The first-order valence-corrected chi connectivity index (χ1v) is 32.1. The molecule has 4 atom stereocenters. The van der Waals surface area contributed by atoms with Crippen molar-refractivity contribution in [2.75, 3.05) is 20.3 Å². The summed E-state index contributed by atoms with van der Waals surface area (Å²) in [5.41, 5.74) is 3.70. The highest BCUT2D eigenvalue weighted by Gasteiger charge is 2.46. The number of ether oxygens (including phenoxy) is 3. The Morgan fingerprint density at radius 2 is 0.985 bits per heavy atom. The maximum absolute atomic E-state index is 8.02. The van der Waals surface area contributed by atoms with Crippen molar-refractivity contribution >= 4 is 40.5 Å². The highest BCUT2D eigenvalue weighted by atomic mass is 28.4. The lowest BCUT2D eigenvalue weighted by atomic mass is 10.00. The molecule has 9 heteroatoms. The molecule has 0 aliphatic heterocycles. The molecule has 0 N–H and O–H groups in total. The zero-order chi connectivity index (χ0) is 49.4. The van der Waals surface area contributed by atoms with Crippen LogP contribution in [0, 0.1) is 5.92 Å². The predicted octanol–water partition coefficient (Wildman–Crippen LogP) is 13.4. The normalized spacial score (nSPS) is 14.7. The van der Waals surface area contributed by atoms with Gasteiger partial charge >= 0.3 is 0 Å². The Labute approximate surface area is 415 Å². The standard InChI is InChI=1S/C59H84O6Si3/c1-46(2)67(47(3)4,48(5)6)63-42-41-49(7)56(65-68(53-29-20-15-21-30-53,54-31-22-16-23-32-54)55-33-24-17-25-34-55)35-26-36-57(61-44-51-37-39-52(60-11)40-38-51)58(45-64-66(12,13)59(8,9)10)62-43-50-27-18-14-19-28-50/h14-35,37-40,46-49,56-58H,36,41-45H2,1-13H3/b35-26-/t49-,56+,57-,58-/m1/s1. The smallest absolute Gasteiger partial charge is 0.288 e. The van der Waals surface area contributed by atoms with Crippen LogP contribution in [0.4, 0.5) is 0 Å². The van der Waals surface area contributed by atoms with Gasteiger partial charge in [-0.25, -0.2) is 0 Å². The quantitative estimate of drug-likeness (QED) is 0.0297. The second-order valence-electron chi connectivity index (χ2n) is 21.1. The Kier molecular flexibility index (Phi) is 20.9. The van der Waals surface area contributed by atoms with Crippen LogP contribution in [0.5, 0.6) is 5.75 Å². The minimum atomic E-state index is -3.11. The van der Waals surface area contributed by atoms with Crippen LogP contribution in [0.3, 0.4) is 0 Å². The third kappa shape index (κ3) is 14.3. The molecule has 368 valence electrons. The SMILES string of the molecule is COc1ccc(CO[C@H](C/C=C\[C@H](O[Si](c2ccccc2)(c2ccccc2)c2ccccc2)[C@H](C)CCO[Si](C(C)C)(C(C)C)C(C)C)[C@@H](CO[Si](C)(C)C(C)(C)C)OCc2ccccc2)cc1. The van der Waals surface area contributed by atoms with E-state index in [1.54, 1.807) is 7.11 Å². The van der Waals surface area contributed by atoms with Gasteiger partial charge in [-0.2, -0.15) is 0 Å². The largest absolute Gasteiger partial charge is 0.497 e. The van der Waals surface area contributed by atoms with Crippen molar-refractivity contribution in [3.8, 4) is 5.75 Å². The minimum Gasteiger partial charge on any atom is -0.497 e. The predicted molar refractivity (Wildman–Crippen MR) is 293 cm³/mol. The molecule has 5 aromatic carbocycles. The van der Waals surface area contributed by atoms with E-state index in [1.807, 2.05) is 18.2 Å². The monoisotopic (exact) mass is 973 g/mol. The fourth-order valence-corrected chi connectivity index (χ4v) is 20.1. The summed E-state index contributed by atoms with van der Waals surface area (Å²) in [7, 11) is -5.66. The lowest BCUT2D eigenvalue weighted by Crippen LogP contribution is -2.70. The first-order valence-electron chi connectivity index (χ1n) is 25.1. The van der Waals surface area contributed by atoms with Crippen LogP contribution in [0.15, 0.2) is 158 Å². The Hall–Kier alpha value is -3.91. The molecule has 0 saturated heterocycles. The van der Waals surface area contributed by atoms with E-state index in [9.17, 15) is 0 Å². The molecule has 0 aliphatic carbocycles. The second kappa shape index (κ2) is 25.8. The highest BCUT2D eigenvalue weighted by molar-refractivity contribution is 7.07. The number of methoxy groups -OCH3 is 1. The van der Waals surface area contributed by atoms with Gasteiger partial charge in [-0.3, -0.25) is 0 Å². The maximum atomic E-state index is 8.02. The summed E-state index contributed by atoms with van der Waals surface area (Å²) < 4.78 is 41.6. The van der Waals surface area contributed by atoms with Gasteiger partial charge in [0, 0.05) is 6.61 Å². The van der Waals surface area contributed by atoms with Crippen LogP contribution in [-0.4, -0.2) is 63.6 Å². The summed E-state index contributed by atoms with van der Waals surface area (Å²) in [4.78, 5) is 0. The van der Waals surface area contributed by atoms with Crippen LogP contribution >= 0.6 is 0 Å². The van der Waals surface area contributed by atoms with Crippen LogP contribution in [0.2, 0.25) is 34.8 Å². The first kappa shape index (κ1) is 55.0. The molecule has 0 radical (unpaired) electrons. The zero-order valence-corrected chi connectivity index (χ0v) is 46.7. The number of benzene rings is 5. The molecule has 68 heavy (non-hydrogen) atoms. The summed E-state index contributed by atoms with van der Waals surface area (Å²) in [6.45, 7) is 30.0. The minimum absolute atomic E-state index is 0.0368. The van der Waals surface area contributed by atoms with Gasteiger partial charge in [0.15, 0.2) is 16.6 Å². The summed E-state index contributed by atoms with van der Waals surface area (Å²) in [6, 6.07) is 51.3. The summed E-state index contributed by atoms with van der Waals surface area (Å²) in [6.07, 6.45) is 5.15. The Morgan fingerprint density at radius 1 is 0.544 bits per heavy atom. The van der Waals surface area contributed by atoms with E-state index in [-0.39, 0.29) is 29.3 Å². The molecule has 0 heterocycles. The molecule has 0 amide bonds. The Bertz CT molecular complexity index is 2070. The molecule has 5 aromatic rings. The molecule has 0 bridgehead atoms. The van der Waals surface area contributed by atoms with Gasteiger partial charge < -0.3 is 27.5 Å². The van der Waals surface area contributed by atoms with E-state index in [0.717, 1.165) is 23.3 Å². The lowest BCUT2D eigenvalue weighted by molar-refractivity contribution is -0.100. The van der Waals surface area contributed by atoms with Gasteiger partial charge in [-0.1, -0.05) is 215 Å². The summed E-state index contributed by atoms with van der Waals surface area (Å²) in [5.74, 6) is 0.940. The van der Waals surface area contributed by atoms with E-state index in [2.05, 4.69) is 222 Å². The Balaban J connectivity index is 1.59. The highest BCUT2D eigenvalue weighted by Crippen LogP contribution is 2.42. The van der Waals surface area contributed by atoms with Crippen molar-refractivity contribution in [3.63, 3.8) is 0 Å². The van der Waals surface area contributed by atoms with Gasteiger partial charge in [-0.05, 0) is 92.3 Å². The molecular formula is C59H84O6Si3. The van der Waals surface area contributed by atoms with Crippen molar-refractivity contribution in [1.82, 2.24) is 0 Å². The van der Waals surface area contributed by atoms with E-state index in [1.165, 1.54) is 15.6 Å². The van der Waals surface area contributed by atoms with Crippen molar-refractivity contribution in [2.24, 2.45) is 5.92 Å². The molecule has 0 saturated carbocycles. The molecule has 0 fully saturated rings. The molecule has 0 aliphatic rings. The van der Waals surface area contributed by atoms with E-state index >= 15 is 0 Å². The molecule has 0 spiro atoms. The zero-order valence-electron chi connectivity index (χ0n) is 43.7. The third-order valence-corrected chi connectivity index (χ3v) is 29.2. The van der Waals surface area contributed by atoms with Gasteiger partial charge in [0.2, 0.25) is 0 Å². The molecule has 0 unspecified atom stereocenters. The van der Waals surface area contributed by atoms with Crippen LogP contribution in [0.25, 0.3) is 0 Å². The number of hydrogen-bond acceptors (Lipinski definition) is 6. The average molecular weight is 974 g/mol. The molecule has 0 aromatic heterocycles. The van der Waals surface area contributed by atoms with Crippen LogP contribution in [0.1, 0.15) is 93.2 Å². The molecular weight excluding hydrogens is 889 g/mol. The van der Waals surface area contributed by atoms with Gasteiger partial charge in [-0.15, -0.1) is 0 Å². The topological polar surface area (TPSA) is 55.4 Å². The fourth-order valence-electron chi connectivity index (χ4n) is 9.50. The summed E-state index contributed by atoms with van der Waals surface area (Å²) >= 11 is 0. The summed E-state index contributed by atoms with van der Waals surface area (Å²) in [5, 5.41) is 3.67. The molecule has 6 nitrogen and oxygen atoms in total. The lowest BCUT2D eigenvalue weighted by Gasteiger charge is -2.43. The van der Waals surface area contributed by atoms with Gasteiger partial charge in [0.1, 0.15) is 11.9 Å².